The first-order valence-corrected chi connectivity index (χ1v) is 12.8. The maximum Gasteiger partial charge on any atom is 0.306 e. The molecule has 0 saturated heterocycles. The summed E-state index contributed by atoms with van der Waals surface area (Å²) in [5, 5.41) is 5.94. The number of anilines is 2. The van der Waals surface area contributed by atoms with Crippen molar-refractivity contribution in [2.24, 2.45) is 0 Å². The molecule has 0 atom stereocenters. The topological polar surface area (TPSA) is 71.5 Å². The van der Waals surface area contributed by atoms with E-state index >= 15 is 0 Å². The van der Waals surface area contributed by atoms with Crippen molar-refractivity contribution in [1.29, 1.82) is 0 Å². The number of ether oxygens (including phenoxy) is 1. The number of carbonyl (C=O) groups excluding carboxylic acids is 2. The minimum atomic E-state index is -0.201. The number of benzene rings is 3. The Morgan fingerprint density at radius 3 is 2.33 bits per heavy atom. The molecule has 0 radical (unpaired) electrons. The predicted molar refractivity (Wildman–Crippen MR) is 145 cm³/mol. The molecule has 6 nitrogen and oxygen atoms in total. The van der Waals surface area contributed by atoms with Crippen molar-refractivity contribution in [3.8, 4) is 11.3 Å². The van der Waals surface area contributed by atoms with Crippen molar-refractivity contribution in [3.05, 3.63) is 101 Å². The Labute approximate surface area is 215 Å². The second-order valence-corrected chi connectivity index (χ2v) is 9.23. The van der Waals surface area contributed by atoms with E-state index in [1.807, 2.05) is 73.8 Å². The third-order valence-electron chi connectivity index (χ3n) is 5.66. The van der Waals surface area contributed by atoms with Gasteiger partial charge in [0.2, 0.25) is 0 Å². The number of esters is 1. The summed E-state index contributed by atoms with van der Waals surface area (Å²) >= 11 is 1.62. The van der Waals surface area contributed by atoms with Crippen LogP contribution in [-0.2, 0) is 22.5 Å². The van der Waals surface area contributed by atoms with Gasteiger partial charge in [0.05, 0.1) is 12.3 Å². The van der Waals surface area contributed by atoms with Crippen LogP contribution in [0, 0.1) is 0 Å². The molecule has 0 aliphatic rings. The number of hydrogen-bond acceptors (Lipinski definition) is 6. The zero-order valence-electron chi connectivity index (χ0n) is 20.4. The number of aromatic nitrogens is 1. The van der Waals surface area contributed by atoms with Gasteiger partial charge in [-0.25, -0.2) is 4.98 Å². The van der Waals surface area contributed by atoms with Gasteiger partial charge >= 0.3 is 5.97 Å². The van der Waals surface area contributed by atoms with E-state index in [0.29, 0.717) is 37.2 Å². The van der Waals surface area contributed by atoms with Gasteiger partial charge in [-0.05, 0) is 48.7 Å². The summed E-state index contributed by atoms with van der Waals surface area (Å²) in [7, 11) is 2.02. The van der Waals surface area contributed by atoms with E-state index in [0.717, 1.165) is 27.5 Å². The summed E-state index contributed by atoms with van der Waals surface area (Å²) in [6.45, 7) is 2.88. The van der Waals surface area contributed by atoms with E-state index < -0.39 is 0 Å². The molecule has 1 heterocycles. The Morgan fingerprint density at radius 2 is 1.64 bits per heavy atom. The molecule has 0 aliphatic carbocycles. The number of aryl methyl sites for hydroxylation is 1. The van der Waals surface area contributed by atoms with Crippen LogP contribution >= 0.6 is 11.3 Å². The SMILES string of the molecule is CCOC(=O)CCc1ccc(NC(=O)c2ccc(CN(C)c3nc(-c4ccccc4)cs3)cc2)cc1. The largest absolute Gasteiger partial charge is 0.466 e. The van der Waals surface area contributed by atoms with Gasteiger partial charge in [0.1, 0.15) is 0 Å². The van der Waals surface area contributed by atoms with Crippen LogP contribution in [0.2, 0.25) is 0 Å². The van der Waals surface area contributed by atoms with Gasteiger partial charge in [-0.3, -0.25) is 9.59 Å². The molecule has 0 unspecified atom stereocenters. The third-order valence-corrected chi connectivity index (χ3v) is 6.61. The highest BCUT2D eigenvalue weighted by molar-refractivity contribution is 7.14. The molecule has 184 valence electrons. The fourth-order valence-electron chi connectivity index (χ4n) is 3.72. The summed E-state index contributed by atoms with van der Waals surface area (Å²) in [6.07, 6.45) is 0.954. The average Bonchev–Trinajstić information content (AvgIpc) is 3.40. The fraction of sp³-hybridized carbons (Fsp3) is 0.207. The Kier molecular flexibility index (Phi) is 8.47. The molecular formula is C29H29N3O3S. The van der Waals surface area contributed by atoms with Crippen LogP contribution in [0.15, 0.2) is 84.2 Å². The fourth-order valence-corrected chi connectivity index (χ4v) is 4.52. The van der Waals surface area contributed by atoms with E-state index in [-0.39, 0.29) is 11.9 Å². The molecule has 4 aromatic rings. The number of rotatable bonds is 10. The molecule has 4 rings (SSSR count). The van der Waals surface area contributed by atoms with Gasteiger partial charge < -0.3 is 15.0 Å². The molecule has 1 amide bonds. The van der Waals surface area contributed by atoms with Gasteiger partial charge in [0, 0.05) is 42.2 Å². The smallest absolute Gasteiger partial charge is 0.306 e. The lowest BCUT2D eigenvalue weighted by molar-refractivity contribution is -0.143. The minimum Gasteiger partial charge on any atom is -0.466 e. The number of nitrogens with one attached hydrogen (secondary N) is 1. The molecule has 36 heavy (non-hydrogen) atoms. The highest BCUT2D eigenvalue weighted by atomic mass is 32.1. The number of hydrogen-bond donors (Lipinski definition) is 1. The van der Waals surface area contributed by atoms with E-state index in [1.165, 1.54) is 0 Å². The Bertz CT molecular complexity index is 1290. The summed E-state index contributed by atoms with van der Waals surface area (Å²) in [6, 6.07) is 25.3. The van der Waals surface area contributed by atoms with Crippen molar-refractivity contribution in [1.82, 2.24) is 4.98 Å². The Balaban J connectivity index is 1.30. The molecular weight excluding hydrogens is 470 g/mol. The van der Waals surface area contributed by atoms with Crippen LogP contribution in [0.1, 0.15) is 34.8 Å². The monoisotopic (exact) mass is 499 g/mol. The maximum absolute atomic E-state index is 12.7. The van der Waals surface area contributed by atoms with Crippen molar-refractivity contribution >= 4 is 34.0 Å². The van der Waals surface area contributed by atoms with E-state index in [1.54, 1.807) is 18.3 Å². The first-order valence-electron chi connectivity index (χ1n) is 11.9. The molecule has 0 bridgehead atoms. The highest BCUT2D eigenvalue weighted by Gasteiger charge is 2.11. The first kappa shape index (κ1) is 25.1. The Hall–Kier alpha value is -3.97. The minimum absolute atomic E-state index is 0.165. The number of nitrogens with zero attached hydrogens (tertiary/aromatic N) is 2. The molecule has 7 heteroatoms. The van der Waals surface area contributed by atoms with Crippen LogP contribution in [0.3, 0.4) is 0 Å². The molecule has 0 saturated carbocycles. The molecule has 3 aromatic carbocycles. The molecule has 1 aromatic heterocycles. The van der Waals surface area contributed by atoms with E-state index in [9.17, 15) is 9.59 Å². The second kappa shape index (κ2) is 12.1. The molecule has 1 N–H and O–H groups in total. The van der Waals surface area contributed by atoms with Crippen LogP contribution in [0.5, 0.6) is 0 Å². The zero-order valence-corrected chi connectivity index (χ0v) is 21.3. The number of carbonyl (C=O) groups is 2. The van der Waals surface area contributed by atoms with E-state index in [4.69, 9.17) is 9.72 Å². The quantitative estimate of drug-likeness (QED) is 0.263. The summed E-state index contributed by atoms with van der Waals surface area (Å²) in [4.78, 5) is 31.1. The highest BCUT2D eigenvalue weighted by Crippen LogP contribution is 2.27. The van der Waals surface area contributed by atoms with Gasteiger partial charge in [0.25, 0.3) is 5.91 Å². The average molecular weight is 500 g/mol. The molecule has 0 spiro atoms. The Morgan fingerprint density at radius 1 is 0.944 bits per heavy atom. The van der Waals surface area contributed by atoms with Crippen molar-refractivity contribution < 1.29 is 14.3 Å². The van der Waals surface area contributed by atoms with Crippen molar-refractivity contribution in [2.45, 2.75) is 26.3 Å². The van der Waals surface area contributed by atoms with Crippen molar-refractivity contribution in [3.63, 3.8) is 0 Å². The van der Waals surface area contributed by atoms with Gasteiger partial charge in [-0.15, -0.1) is 11.3 Å². The van der Waals surface area contributed by atoms with Crippen LogP contribution < -0.4 is 10.2 Å². The zero-order chi connectivity index (χ0) is 25.3. The summed E-state index contributed by atoms with van der Waals surface area (Å²) in [5.41, 5.74) is 5.49. The van der Waals surface area contributed by atoms with Gasteiger partial charge in [-0.1, -0.05) is 54.6 Å². The molecule has 0 fully saturated rings. The number of amides is 1. The maximum atomic E-state index is 12.7. The lowest BCUT2D eigenvalue weighted by Gasteiger charge is -2.16. The normalized spacial score (nSPS) is 10.6. The van der Waals surface area contributed by atoms with Gasteiger partial charge in [-0.2, -0.15) is 0 Å². The summed E-state index contributed by atoms with van der Waals surface area (Å²) < 4.78 is 4.96. The first-order chi connectivity index (χ1) is 17.5. The van der Waals surface area contributed by atoms with Crippen LogP contribution in [-0.4, -0.2) is 30.5 Å². The van der Waals surface area contributed by atoms with Crippen LogP contribution in [0.25, 0.3) is 11.3 Å². The van der Waals surface area contributed by atoms with Crippen LogP contribution in [0.4, 0.5) is 10.8 Å². The number of thiazole rings is 1. The van der Waals surface area contributed by atoms with E-state index in [2.05, 4.69) is 27.7 Å². The summed E-state index contributed by atoms with van der Waals surface area (Å²) in [5.74, 6) is -0.366. The van der Waals surface area contributed by atoms with Crippen molar-refractivity contribution in [2.75, 3.05) is 23.9 Å². The van der Waals surface area contributed by atoms with Gasteiger partial charge in [0.15, 0.2) is 5.13 Å². The molecule has 0 aliphatic heterocycles. The standard InChI is InChI=1S/C29H29N3O3S/c1-3-35-27(33)18-13-21-11-16-25(17-12-21)30-28(34)24-14-9-22(10-15-24)19-32(2)29-31-26(20-36-29)23-7-5-4-6-8-23/h4-12,14-17,20H,3,13,18-19H2,1-2H3,(H,30,34). The lowest BCUT2D eigenvalue weighted by atomic mass is 10.1. The third kappa shape index (κ3) is 6.79. The predicted octanol–water partition coefficient (Wildman–Crippen LogP) is 6.19. The second-order valence-electron chi connectivity index (χ2n) is 8.39. The lowest BCUT2D eigenvalue weighted by Crippen LogP contribution is -2.16.